The molecule has 4 nitrogen and oxygen atoms in total. The smallest absolute Gasteiger partial charge is 0.225 e. The van der Waals surface area contributed by atoms with E-state index in [0.29, 0.717) is 22.1 Å². The zero-order valence-electron chi connectivity index (χ0n) is 8.95. The largest absolute Gasteiger partial charge is 0.439 e. The number of nitrogens with zero attached hydrogens (tertiary/aromatic N) is 2. The summed E-state index contributed by atoms with van der Waals surface area (Å²) in [6, 6.07) is 6.01. The Kier molecular flexibility index (Phi) is 3.53. The van der Waals surface area contributed by atoms with Gasteiger partial charge in [0, 0.05) is 19.3 Å². The lowest BCUT2D eigenvalue weighted by molar-refractivity contribution is 0.460. The van der Waals surface area contributed by atoms with Crippen LogP contribution < -0.4 is 10.1 Å². The van der Waals surface area contributed by atoms with Crippen LogP contribution in [0.3, 0.4) is 0 Å². The quantitative estimate of drug-likeness (QED) is 0.945. The van der Waals surface area contributed by atoms with Crippen molar-refractivity contribution in [2.75, 3.05) is 12.4 Å². The first kappa shape index (κ1) is 11.8. The van der Waals surface area contributed by atoms with Gasteiger partial charge in [0.1, 0.15) is 11.6 Å². The number of hydrogen-bond donors (Lipinski definition) is 1. The van der Waals surface area contributed by atoms with Crippen LogP contribution in [0.2, 0.25) is 0 Å². The number of hydrogen-bond acceptors (Lipinski definition) is 4. The zero-order chi connectivity index (χ0) is 12.3. The maximum absolute atomic E-state index is 13.0. The van der Waals surface area contributed by atoms with E-state index in [1.165, 1.54) is 18.2 Å². The molecule has 0 unspecified atom stereocenters. The predicted octanol–water partition coefficient (Wildman–Crippen LogP) is 3.21. The summed E-state index contributed by atoms with van der Waals surface area (Å²) in [5, 5.41) is 2.80. The molecule has 1 aromatic heterocycles. The lowest BCUT2D eigenvalue weighted by Crippen LogP contribution is -1.97. The molecule has 0 saturated heterocycles. The van der Waals surface area contributed by atoms with Crippen molar-refractivity contribution in [3.63, 3.8) is 0 Å². The topological polar surface area (TPSA) is 47.0 Å². The van der Waals surface area contributed by atoms with Crippen LogP contribution in [0.4, 0.5) is 10.3 Å². The highest BCUT2D eigenvalue weighted by molar-refractivity contribution is 9.10. The van der Waals surface area contributed by atoms with Crippen molar-refractivity contribution >= 4 is 21.9 Å². The fourth-order valence-electron chi connectivity index (χ4n) is 1.18. The summed E-state index contributed by atoms with van der Waals surface area (Å²) in [7, 11) is 1.72. The first-order chi connectivity index (χ1) is 8.19. The lowest BCUT2D eigenvalue weighted by atomic mass is 10.3. The molecule has 0 bridgehead atoms. The molecular weight excluding hydrogens is 289 g/mol. The number of rotatable bonds is 3. The van der Waals surface area contributed by atoms with Gasteiger partial charge in [-0.1, -0.05) is 0 Å². The fourth-order valence-corrected chi connectivity index (χ4v) is 1.54. The zero-order valence-corrected chi connectivity index (χ0v) is 10.5. The molecule has 0 fully saturated rings. The number of halogens is 2. The molecule has 17 heavy (non-hydrogen) atoms. The molecule has 0 aliphatic rings. The third kappa shape index (κ3) is 2.91. The van der Waals surface area contributed by atoms with Crippen LogP contribution in [-0.2, 0) is 0 Å². The van der Waals surface area contributed by atoms with Gasteiger partial charge in [-0.3, -0.25) is 0 Å². The van der Waals surface area contributed by atoms with Crippen molar-refractivity contribution in [1.29, 1.82) is 0 Å². The second-order valence-electron chi connectivity index (χ2n) is 3.15. The Bertz CT molecular complexity index is 536. The van der Waals surface area contributed by atoms with Gasteiger partial charge < -0.3 is 10.1 Å². The fraction of sp³-hybridized carbons (Fsp3) is 0.0909. The van der Waals surface area contributed by atoms with Gasteiger partial charge in [0.25, 0.3) is 0 Å². The molecule has 6 heteroatoms. The molecule has 0 atom stereocenters. The van der Waals surface area contributed by atoms with Crippen LogP contribution in [0, 0.1) is 5.82 Å². The Hall–Kier alpha value is -1.69. The minimum absolute atomic E-state index is 0.337. The van der Waals surface area contributed by atoms with Gasteiger partial charge in [-0.05, 0) is 34.1 Å². The van der Waals surface area contributed by atoms with Crippen LogP contribution >= 0.6 is 15.9 Å². The third-order valence-electron chi connectivity index (χ3n) is 1.97. The van der Waals surface area contributed by atoms with E-state index in [4.69, 9.17) is 4.74 Å². The Morgan fingerprint density at radius 3 is 2.88 bits per heavy atom. The van der Waals surface area contributed by atoms with Crippen LogP contribution in [0.15, 0.2) is 34.9 Å². The number of aromatic nitrogens is 2. The van der Waals surface area contributed by atoms with E-state index < -0.39 is 0 Å². The minimum atomic E-state index is -0.337. The van der Waals surface area contributed by atoms with E-state index in [1.807, 2.05) is 0 Å². The molecule has 0 saturated carbocycles. The molecule has 0 amide bonds. The molecule has 0 spiro atoms. The van der Waals surface area contributed by atoms with E-state index in [9.17, 15) is 4.39 Å². The van der Waals surface area contributed by atoms with Gasteiger partial charge in [0.05, 0.1) is 4.47 Å². The van der Waals surface area contributed by atoms with E-state index in [-0.39, 0.29) is 5.82 Å². The molecule has 1 aromatic carbocycles. The summed E-state index contributed by atoms with van der Waals surface area (Å²) in [5.74, 6) is 1.02. The number of nitrogens with one attached hydrogen (secondary N) is 1. The van der Waals surface area contributed by atoms with Gasteiger partial charge in [-0.2, -0.15) is 4.98 Å². The van der Waals surface area contributed by atoms with E-state index in [1.54, 1.807) is 19.3 Å². The van der Waals surface area contributed by atoms with Gasteiger partial charge >= 0.3 is 0 Å². The van der Waals surface area contributed by atoms with Crippen molar-refractivity contribution in [1.82, 2.24) is 9.97 Å². The standard InChI is InChI=1S/C11H9BrFN3O/c1-14-11-15-5-4-10(16-11)17-7-2-3-9(13)8(12)6-7/h2-6H,1H3,(H,14,15,16). The lowest BCUT2D eigenvalue weighted by Gasteiger charge is -2.06. The Labute approximate surface area is 106 Å². The molecule has 1 heterocycles. The molecular formula is C11H9BrFN3O. The summed E-state index contributed by atoms with van der Waals surface area (Å²) in [6.07, 6.45) is 1.58. The summed E-state index contributed by atoms with van der Waals surface area (Å²) in [6.45, 7) is 0. The van der Waals surface area contributed by atoms with Crippen LogP contribution in [-0.4, -0.2) is 17.0 Å². The summed E-state index contributed by atoms with van der Waals surface area (Å²) >= 11 is 3.09. The van der Waals surface area contributed by atoms with Gasteiger partial charge in [0.2, 0.25) is 11.8 Å². The van der Waals surface area contributed by atoms with Gasteiger partial charge in [0.15, 0.2) is 0 Å². The Morgan fingerprint density at radius 2 is 2.18 bits per heavy atom. The average Bonchev–Trinajstić information content (AvgIpc) is 2.34. The molecule has 0 aliphatic heterocycles. The highest BCUT2D eigenvalue weighted by Gasteiger charge is 2.04. The number of benzene rings is 1. The average molecular weight is 298 g/mol. The molecule has 0 radical (unpaired) electrons. The predicted molar refractivity (Wildman–Crippen MR) is 65.8 cm³/mol. The first-order valence-corrected chi connectivity index (χ1v) is 5.62. The maximum Gasteiger partial charge on any atom is 0.225 e. The highest BCUT2D eigenvalue weighted by Crippen LogP contribution is 2.25. The summed E-state index contributed by atoms with van der Waals surface area (Å²) < 4.78 is 18.8. The Morgan fingerprint density at radius 1 is 1.35 bits per heavy atom. The van der Waals surface area contributed by atoms with Crippen LogP contribution in [0.25, 0.3) is 0 Å². The van der Waals surface area contributed by atoms with Crippen molar-refractivity contribution in [3.05, 3.63) is 40.8 Å². The van der Waals surface area contributed by atoms with Crippen LogP contribution in [0.5, 0.6) is 11.6 Å². The monoisotopic (exact) mass is 297 g/mol. The molecule has 2 rings (SSSR count). The summed E-state index contributed by atoms with van der Waals surface area (Å²) in [5.41, 5.74) is 0. The van der Waals surface area contributed by atoms with Crippen molar-refractivity contribution in [2.45, 2.75) is 0 Å². The molecule has 1 N–H and O–H groups in total. The first-order valence-electron chi connectivity index (χ1n) is 4.83. The maximum atomic E-state index is 13.0. The number of anilines is 1. The second kappa shape index (κ2) is 5.09. The van der Waals surface area contributed by atoms with Crippen molar-refractivity contribution in [2.24, 2.45) is 0 Å². The minimum Gasteiger partial charge on any atom is -0.439 e. The highest BCUT2D eigenvalue weighted by atomic mass is 79.9. The van der Waals surface area contributed by atoms with Gasteiger partial charge in [-0.25, -0.2) is 9.37 Å². The molecule has 2 aromatic rings. The summed E-state index contributed by atoms with van der Waals surface area (Å²) in [4.78, 5) is 8.04. The van der Waals surface area contributed by atoms with Crippen molar-refractivity contribution in [3.8, 4) is 11.6 Å². The third-order valence-corrected chi connectivity index (χ3v) is 2.57. The van der Waals surface area contributed by atoms with E-state index >= 15 is 0 Å². The molecule has 88 valence electrons. The van der Waals surface area contributed by atoms with E-state index in [0.717, 1.165) is 0 Å². The van der Waals surface area contributed by atoms with Crippen LogP contribution in [0.1, 0.15) is 0 Å². The number of ether oxygens (including phenoxy) is 1. The SMILES string of the molecule is CNc1nccc(Oc2ccc(F)c(Br)c2)n1. The van der Waals surface area contributed by atoms with Gasteiger partial charge in [-0.15, -0.1) is 0 Å². The Balaban J connectivity index is 2.22. The van der Waals surface area contributed by atoms with E-state index in [2.05, 4.69) is 31.2 Å². The second-order valence-corrected chi connectivity index (χ2v) is 4.00. The van der Waals surface area contributed by atoms with Crippen molar-refractivity contribution < 1.29 is 9.13 Å². The molecule has 0 aliphatic carbocycles. The normalized spacial score (nSPS) is 10.1.